The van der Waals surface area contributed by atoms with Crippen molar-refractivity contribution in [2.24, 2.45) is 23.2 Å². The summed E-state index contributed by atoms with van der Waals surface area (Å²) < 4.78 is 132. The molecule has 0 spiro atoms. The number of hydrogen-bond acceptors (Lipinski definition) is 6. The molecule has 0 N–H and O–H groups in total. The van der Waals surface area contributed by atoms with Gasteiger partial charge in [0, 0.05) is 47.1 Å². The second-order valence-corrected chi connectivity index (χ2v) is 15.6. The Morgan fingerprint density at radius 2 is 1.78 bits per heavy atom. The van der Waals surface area contributed by atoms with Crippen LogP contribution in [0.4, 0.5) is 39.9 Å². The number of fused-ring (bicyclic) bond motifs is 5. The molecule has 0 aromatic heterocycles. The Kier molecular flexibility index (Phi) is 11.0. The first kappa shape index (κ1) is 37.8. The molecule has 276 valence electrons. The van der Waals surface area contributed by atoms with Crippen molar-refractivity contribution in [2.75, 3.05) is 38.3 Å². The summed E-state index contributed by atoms with van der Waals surface area (Å²) in [4.78, 5) is 27.0. The van der Waals surface area contributed by atoms with E-state index < -0.39 is 66.1 Å². The number of halogens is 8. The number of alkyl halides is 8. The quantitative estimate of drug-likeness (QED) is 0.231. The first-order valence-electron chi connectivity index (χ1n) is 16.5. The number of nitrogens with zero attached hydrogens (tertiary/aromatic N) is 1. The Bertz CT molecular complexity index is 1420. The van der Waals surface area contributed by atoms with E-state index in [0.29, 0.717) is 38.5 Å². The van der Waals surface area contributed by atoms with Crippen molar-refractivity contribution in [2.45, 2.75) is 95.0 Å². The molecule has 4 aliphatic rings. The van der Waals surface area contributed by atoms with Crippen LogP contribution in [0, 0.1) is 23.2 Å². The van der Waals surface area contributed by atoms with Crippen molar-refractivity contribution in [3.63, 3.8) is 0 Å². The molecule has 3 fully saturated rings. The average molecular weight is 732 g/mol. The predicted octanol–water partition coefficient (Wildman–Crippen LogP) is 7.62. The minimum Gasteiger partial charge on any atom is -0.493 e. The molecule has 7 atom stereocenters. The Morgan fingerprint density at radius 1 is 1.06 bits per heavy atom. The van der Waals surface area contributed by atoms with Gasteiger partial charge in [-0.2, -0.15) is 35.1 Å². The summed E-state index contributed by atoms with van der Waals surface area (Å²) in [5.74, 6) is -4.25. The number of rotatable bonds is 10. The van der Waals surface area contributed by atoms with Gasteiger partial charge >= 0.3 is 24.4 Å². The summed E-state index contributed by atoms with van der Waals surface area (Å²) >= 11 is 0. The number of morpholine rings is 1. The maximum Gasteiger partial charge on any atom is 0.453 e. The standard InChI is InChI=1S/C33H41F8NO6S/c1-30-10-8-21-22-17-24(46-2)25(48-29(44)42-11-12-47-27(18-42)32(36,37)38)16-20(22)15-19(28(21)23(30)6-7-26(30)43)5-3-13-49(45)14-4-9-31(34,35)33(39,40)41/h16-17,19,21,23,27-28H,3-15,18H2,1-2H3/t19-,21-,23+,27?,28-,30+,49?/m1/s1. The second kappa shape index (κ2) is 14.3. The van der Waals surface area contributed by atoms with E-state index in [4.69, 9.17) is 14.2 Å². The van der Waals surface area contributed by atoms with Crippen LogP contribution in [0.3, 0.4) is 0 Å². The van der Waals surface area contributed by atoms with Crippen molar-refractivity contribution in [3.8, 4) is 11.5 Å². The molecule has 1 heterocycles. The summed E-state index contributed by atoms with van der Waals surface area (Å²) in [5, 5.41) is 0. The van der Waals surface area contributed by atoms with Gasteiger partial charge in [-0.3, -0.25) is 9.00 Å². The fourth-order valence-electron chi connectivity index (χ4n) is 8.46. The summed E-state index contributed by atoms with van der Waals surface area (Å²) in [5.41, 5.74) is 1.36. The molecule has 1 amide bonds. The zero-order valence-corrected chi connectivity index (χ0v) is 28.1. The highest BCUT2D eigenvalue weighted by Gasteiger charge is 2.58. The summed E-state index contributed by atoms with van der Waals surface area (Å²) in [6.45, 7) is 0.903. The normalized spacial score (nSPS) is 29.6. The van der Waals surface area contributed by atoms with Crippen LogP contribution in [-0.2, 0) is 26.8 Å². The lowest BCUT2D eigenvalue weighted by Gasteiger charge is -2.52. The van der Waals surface area contributed by atoms with Gasteiger partial charge in [0.15, 0.2) is 17.6 Å². The highest BCUT2D eigenvalue weighted by Crippen LogP contribution is 2.62. The van der Waals surface area contributed by atoms with Crippen molar-refractivity contribution in [3.05, 3.63) is 23.3 Å². The van der Waals surface area contributed by atoms with Crippen molar-refractivity contribution in [1.82, 2.24) is 4.90 Å². The molecule has 49 heavy (non-hydrogen) atoms. The van der Waals surface area contributed by atoms with Crippen molar-refractivity contribution >= 4 is 22.7 Å². The number of methoxy groups -OCH3 is 1. The van der Waals surface area contributed by atoms with Crippen molar-refractivity contribution < 1.29 is 63.1 Å². The Morgan fingerprint density at radius 3 is 2.45 bits per heavy atom. The molecule has 2 saturated carbocycles. The summed E-state index contributed by atoms with van der Waals surface area (Å²) in [7, 11) is -0.201. The second-order valence-electron chi connectivity index (χ2n) is 13.9. The number of ketones is 1. The Hall–Kier alpha value is -2.49. The van der Waals surface area contributed by atoms with Crippen LogP contribution in [0.2, 0.25) is 0 Å². The molecule has 0 radical (unpaired) electrons. The summed E-state index contributed by atoms with van der Waals surface area (Å²) in [6.07, 6.45) is -11.3. The topological polar surface area (TPSA) is 82.1 Å². The fourth-order valence-corrected chi connectivity index (χ4v) is 9.62. The van der Waals surface area contributed by atoms with Gasteiger partial charge < -0.3 is 19.1 Å². The first-order chi connectivity index (χ1) is 22.9. The van der Waals surface area contributed by atoms with Crippen LogP contribution in [0.15, 0.2) is 12.1 Å². The van der Waals surface area contributed by atoms with E-state index in [0.717, 1.165) is 22.4 Å². The van der Waals surface area contributed by atoms with Gasteiger partial charge in [-0.25, -0.2) is 4.79 Å². The van der Waals surface area contributed by atoms with Gasteiger partial charge in [0.05, 0.1) is 20.3 Å². The van der Waals surface area contributed by atoms with Gasteiger partial charge in [0.2, 0.25) is 0 Å². The Balaban J connectivity index is 1.32. The van der Waals surface area contributed by atoms with E-state index >= 15 is 0 Å². The Labute approximate surface area is 281 Å². The van der Waals surface area contributed by atoms with Gasteiger partial charge in [-0.15, -0.1) is 0 Å². The van der Waals surface area contributed by atoms with E-state index in [1.807, 2.05) is 6.92 Å². The van der Waals surface area contributed by atoms with Gasteiger partial charge in [-0.05, 0) is 91.9 Å². The number of Topliss-reactive ketones (excluding diaryl/α,β-unsaturated/α-hetero) is 1. The third-order valence-corrected chi connectivity index (χ3v) is 12.5. The lowest BCUT2D eigenvalue weighted by molar-refractivity contribution is -0.284. The molecule has 1 aliphatic heterocycles. The molecule has 0 bridgehead atoms. The number of carbonyl (C=O) groups excluding carboxylic acids is 2. The number of amides is 1. The highest BCUT2D eigenvalue weighted by atomic mass is 32.2. The van der Waals surface area contributed by atoms with Crippen LogP contribution in [0.5, 0.6) is 11.5 Å². The smallest absolute Gasteiger partial charge is 0.453 e. The van der Waals surface area contributed by atoms with Gasteiger partial charge in [0.25, 0.3) is 0 Å². The lowest BCUT2D eigenvalue weighted by Crippen LogP contribution is -2.51. The maximum atomic E-state index is 13.3. The fraction of sp³-hybridized carbons (Fsp3) is 0.758. The molecule has 3 aliphatic carbocycles. The number of hydrogen-bond donors (Lipinski definition) is 0. The third-order valence-electron chi connectivity index (χ3n) is 11.0. The minimum atomic E-state index is -5.65. The van der Waals surface area contributed by atoms with Gasteiger partial charge in [-0.1, -0.05) is 6.92 Å². The van der Waals surface area contributed by atoms with E-state index in [1.54, 1.807) is 12.1 Å². The minimum absolute atomic E-state index is 0.00308. The first-order valence-corrected chi connectivity index (χ1v) is 18.0. The van der Waals surface area contributed by atoms with E-state index in [1.165, 1.54) is 7.11 Å². The lowest BCUT2D eigenvalue weighted by atomic mass is 9.52. The molecule has 7 nitrogen and oxygen atoms in total. The molecular weight excluding hydrogens is 690 g/mol. The van der Waals surface area contributed by atoms with Crippen LogP contribution in [-0.4, -0.2) is 83.7 Å². The van der Waals surface area contributed by atoms with Crippen LogP contribution in [0.25, 0.3) is 0 Å². The largest absolute Gasteiger partial charge is 0.493 e. The average Bonchev–Trinajstić information content (AvgIpc) is 3.33. The zero-order chi connectivity index (χ0) is 35.9. The SMILES string of the molecule is COc1cc2c(cc1OC(=O)N1CCOC(C(F)(F)F)C1)C[C@@H](CCCS(=O)CCCC(F)(F)C(F)(F)F)[C@@H]1[C@@H]2CC[C@]2(C)C(=O)CC[C@@H]12. The monoisotopic (exact) mass is 731 g/mol. The van der Waals surface area contributed by atoms with E-state index in [9.17, 15) is 48.9 Å². The molecule has 1 aromatic rings. The maximum absolute atomic E-state index is 13.3. The zero-order valence-electron chi connectivity index (χ0n) is 27.3. The molecule has 1 aromatic carbocycles. The summed E-state index contributed by atoms with van der Waals surface area (Å²) in [6, 6.07) is 3.47. The molecule has 16 heteroatoms. The van der Waals surface area contributed by atoms with Crippen LogP contribution in [0.1, 0.15) is 75.3 Å². The van der Waals surface area contributed by atoms with Crippen LogP contribution >= 0.6 is 0 Å². The van der Waals surface area contributed by atoms with Gasteiger partial charge in [0.1, 0.15) is 5.78 Å². The molecule has 1 saturated heterocycles. The molecular formula is C33H41F8NO6S. The van der Waals surface area contributed by atoms with Crippen molar-refractivity contribution in [1.29, 1.82) is 0 Å². The van der Waals surface area contributed by atoms with Crippen LogP contribution < -0.4 is 9.47 Å². The van der Waals surface area contributed by atoms with E-state index in [2.05, 4.69) is 0 Å². The molecule has 5 rings (SSSR count). The number of ether oxygens (including phenoxy) is 3. The predicted molar refractivity (Wildman–Crippen MR) is 162 cm³/mol. The number of carbonyl (C=O) groups is 2. The highest BCUT2D eigenvalue weighted by molar-refractivity contribution is 7.84. The molecule has 2 unspecified atom stereocenters. The number of benzene rings is 1. The van der Waals surface area contributed by atoms with E-state index in [-0.39, 0.29) is 65.6 Å². The third kappa shape index (κ3) is 7.89.